The van der Waals surface area contributed by atoms with Crippen LogP contribution in [0.15, 0.2) is 24.3 Å². The van der Waals surface area contributed by atoms with Crippen LogP contribution in [0.5, 0.6) is 0 Å². The Morgan fingerprint density at radius 2 is 1.47 bits per heavy atom. The molecule has 2 amide bonds. The van der Waals surface area contributed by atoms with Crippen LogP contribution in [0.3, 0.4) is 0 Å². The maximum Gasteiger partial charge on any atom is 0.236 e. The molecule has 172 valence electrons. The molecular formula is C24H33N5O2S. The van der Waals surface area contributed by atoms with Gasteiger partial charge >= 0.3 is 0 Å². The summed E-state index contributed by atoms with van der Waals surface area (Å²) in [5.74, 6) is 0.845. The van der Waals surface area contributed by atoms with Crippen molar-refractivity contribution in [3.63, 3.8) is 0 Å². The molecule has 0 unspecified atom stereocenters. The molecule has 0 aliphatic carbocycles. The van der Waals surface area contributed by atoms with E-state index in [9.17, 15) is 9.59 Å². The lowest BCUT2D eigenvalue weighted by atomic mass is 9.98. The van der Waals surface area contributed by atoms with Crippen LogP contribution in [-0.2, 0) is 9.59 Å². The quantitative estimate of drug-likeness (QED) is 0.692. The first-order valence-electron chi connectivity index (χ1n) is 12.0. The number of hydrogen-bond acceptors (Lipinski definition) is 6. The molecule has 32 heavy (non-hydrogen) atoms. The number of amides is 2. The Labute approximate surface area is 194 Å². The molecule has 0 saturated carbocycles. The third kappa shape index (κ3) is 4.97. The summed E-state index contributed by atoms with van der Waals surface area (Å²) in [5, 5.41) is 1.17. The van der Waals surface area contributed by atoms with Gasteiger partial charge in [-0.05, 0) is 37.8 Å². The van der Waals surface area contributed by atoms with E-state index in [1.807, 2.05) is 15.9 Å². The van der Waals surface area contributed by atoms with Crippen molar-refractivity contribution >= 4 is 33.4 Å². The van der Waals surface area contributed by atoms with Crippen molar-refractivity contribution < 1.29 is 9.59 Å². The van der Waals surface area contributed by atoms with Gasteiger partial charge in [0.25, 0.3) is 0 Å². The standard InChI is InChI=1S/C24H33N5O2S/c30-22(28-9-3-4-10-28)17-26-12-14-27(15-13-26)18-23(31)29-11-5-6-19(16-29)24-25-20-7-1-2-8-21(20)32-24/h1-2,7-8,19H,3-6,9-18H2/t19-/m1/s1. The summed E-state index contributed by atoms with van der Waals surface area (Å²) in [4.78, 5) is 38.8. The lowest BCUT2D eigenvalue weighted by Gasteiger charge is -2.37. The number of hydrogen-bond donors (Lipinski definition) is 0. The molecule has 0 radical (unpaired) electrons. The van der Waals surface area contributed by atoms with Crippen LogP contribution in [-0.4, -0.2) is 102 Å². The highest BCUT2D eigenvalue weighted by molar-refractivity contribution is 7.18. The highest BCUT2D eigenvalue weighted by Crippen LogP contribution is 2.33. The normalized spacial score (nSPS) is 23.2. The Bertz CT molecular complexity index is 916. The molecule has 3 aliphatic rings. The number of carbonyl (C=O) groups excluding carboxylic acids is 2. The minimum atomic E-state index is 0.234. The molecule has 3 saturated heterocycles. The molecular weight excluding hydrogens is 422 g/mol. The SMILES string of the molecule is O=C(CN1CCN(CC(=O)N2CCC[C@@H](c3nc4ccccc4s3)C2)CC1)N1CCCC1. The van der Waals surface area contributed by atoms with Crippen molar-refractivity contribution in [3.8, 4) is 0 Å². The fraction of sp³-hybridized carbons (Fsp3) is 0.625. The number of piperazine rings is 1. The van der Waals surface area contributed by atoms with E-state index < -0.39 is 0 Å². The second-order valence-electron chi connectivity index (χ2n) is 9.34. The monoisotopic (exact) mass is 455 g/mol. The number of rotatable bonds is 5. The van der Waals surface area contributed by atoms with Crippen molar-refractivity contribution in [2.75, 3.05) is 65.4 Å². The van der Waals surface area contributed by atoms with Crippen LogP contribution < -0.4 is 0 Å². The number of aromatic nitrogens is 1. The Hall–Kier alpha value is -2.03. The van der Waals surface area contributed by atoms with Gasteiger partial charge in [0, 0.05) is 58.3 Å². The summed E-state index contributed by atoms with van der Waals surface area (Å²) in [6, 6.07) is 8.29. The zero-order valence-corrected chi connectivity index (χ0v) is 19.6. The number of benzene rings is 1. The van der Waals surface area contributed by atoms with E-state index in [1.54, 1.807) is 11.3 Å². The lowest BCUT2D eigenvalue weighted by Crippen LogP contribution is -2.52. The summed E-state index contributed by atoms with van der Waals surface area (Å²) in [7, 11) is 0. The number of fused-ring (bicyclic) bond motifs is 1. The minimum absolute atomic E-state index is 0.234. The van der Waals surface area contributed by atoms with Crippen molar-refractivity contribution in [1.29, 1.82) is 0 Å². The van der Waals surface area contributed by atoms with Gasteiger partial charge in [0.2, 0.25) is 11.8 Å². The van der Waals surface area contributed by atoms with Crippen LogP contribution in [0, 0.1) is 0 Å². The fourth-order valence-corrected chi connectivity index (χ4v) is 6.22. The van der Waals surface area contributed by atoms with Crippen LogP contribution >= 0.6 is 11.3 Å². The summed E-state index contributed by atoms with van der Waals surface area (Å²) in [6.45, 7) is 7.92. The molecule has 1 aromatic heterocycles. The molecule has 1 atom stereocenters. The van der Waals surface area contributed by atoms with E-state index >= 15 is 0 Å². The summed E-state index contributed by atoms with van der Waals surface area (Å²) in [5.41, 5.74) is 1.07. The predicted molar refractivity (Wildman–Crippen MR) is 127 cm³/mol. The van der Waals surface area contributed by atoms with Crippen LogP contribution in [0.1, 0.15) is 36.6 Å². The van der Waals surface area contributed by atoms with Gasteiger partial charge in [-0.25, -0.2) is 4.98 Å². The number of piperidine rings is 1. The maximum absolute atomic E-state index is 13.0. The second kappa shape index (κ2) is 9.85. The van der Waals surface area contributed by atoms with Gasteiger partial charge < -0.3 is 9.80 Å². The highest BCUT2D eigenvalue weighted by Gasteiger charge is 2.29. The number of thiazole rings is 1. The molecule has 5 rings (SSSR count). The molecule has 0 bridgehead atoms. The van der Waals surface area contributed by atoms with E-state index in [4.69, 9.17) is 4.98 Å². The molecule has 2 aromatic rings. The van der Waals surface area contributed by atoms with Crippen molar-refractivity contribution in [1.82, 2.24) is 24.6 Å². The molecule has 0 N–H and O–H groups in total. The number of nitrogens with zero attached hydrogens (tertiary/aromatic N) is 5. The second-order valence-corrected chi connectivity index (χ2v) is 10.4. The number of carbonyl (C=O) groups is 2. The Kier molecular flexibility index (Phi) is 6.71. The van der Waals surface area contributed by atoms with E-state index in [1.165, 1.54) is 9.71 Å². The van der Waals surface area contributed by atoms with E-state index in [0.717, 1.165) is 83.6 Å². The largest absolute Gasteiger partial charge is 0.342 e. The van der Waals surface area contributed by atoms with E-state index in [0.29, 0.717) is 19.0 Å². The van der Waals surface area contributed by atoms with Crippen molar-refractivity contribution in [2.24, 2.45) is 0 Å². The third-order valence-corrected chi connectivity index (χ3v) is 8.27. The maximum atomic E-state index is 13.0. The van der Waals surface area contributed by atoms with Crippen LogP contribution in [0.25, 0.3) is 10.2 Å². The molecule has 0 spiro atoms. The van der Waals surface area contributed by atoms with Crippen LogP contribution in [0.2, 0.25) is 0 Å². The zero-order chi connectivity index (χ0) is 21.9. The molecule has 4 heterocycles. The van der Waals surface area contributed by atoms with Gasteiger partial charge in [0.1, 0.15) is 0 Å². The molecule has 3 aliphatic heterocycles. The Balaban J connectivity index is 1.10. The number of likely N-dealkylation sites (tertiary alicyclic amines) is 2. The average molecular weight is 456 g/mol. The zero-order valence-electron chi connectivity index (χ0n) is 18.7. The summed E-state index contributed by atoms with van der Waals surface area (Å²) >= 11 is 1.77. The van der Waals surface area contributed by atoms with Gasteiger partial charge in [-0.15, -0.1) is 11.3 Å². The van der Waals surface area contributed by atoms with E-state index in [-0.39, 0.29) is 11.8 Å². The van der Waals surface area contributed by atoms with Crippen LogP contribution in [0.4, 0.5) is 0 Å². The average Bonchev–Trinajstić information content (AvgIpc) is 3.51. The van der Waals surface area contributed by atoms with Gasteiger partial charge in [0.15, 0.2) is 0 Å². The smallest absolute Gasteiger partial charge is 0.236 e. The third-order valence-electron chi connectivity index (χ3n) is 7.08. The van der Waals surface area contributed by atoms with Gasteiger partial charge in [-0.3, -0.25) is 19.4 Å². The molecule has 8 heteroatoms. The lowest BCUT2D eigenvalue weighted by molar-refractivity contribution is -0.135. The van der Waals surface area contributed by atoms with Gasteiger partial charge in [0.05, 0.1) is 28.3 Å². The first-order valence-corrected chi connectivity index (χ1v) is 12.8. The number of para-hydroxylation sites is 1. The molecule has 1 aromatic carbocycles. The fourth-order valence-electron chi connectivity index (χ4n) is 5.12. The predicted octanol–water partition coefficient (Wildman–Crippen LogP) is 2.24. The molecule has 7 nitrogen and oxygen atoms in total. The first kappa shape index (κ1) is 21.8. The minimum Gasteiger partial charge on any atom is -0.342 e. The van der Waals surface area contributed by atoms with Crippen molar-refractivity contribution in [3.05, 3.63) is 29.3 Å². The van der Waals surface area contributed by atoms with Crippen molar-refractivity contribution in [2.45, 2.75) is 31.6 Å². The summed E-state index contributed by atoms with van der Waals surface area (Å²) < 4.78 is 1.23. The first-order chi connectivity index (χ1) is 15.7. The summed E-state index contributed by atoms with van der Waals surface area (Å²) in [6.07, 6.45) is 4.42. The highest BCUT2D eigenvalue weighted by atomic mass is 32.1. The Morgan fingerprint density at radius 1 is 0.844 bits per heavy atom. The van der Waals surface area contributed by atoms with E-state index in [2.05, 4.69) is 28.0 Å². The molecule has 3 fully saturated rings. The van der Waals surface area contributed by atoms with Gasteiger partial charge in [-0.1, -0.05) is 12.1 Å². The Morgan fingerprint density at radius 3 is 2.16 bits per heavy atom. The van der Waals surface area contributed by atoms with Gasteiger partial charge in [-0.2, -0.15) is 0 Å². The topological polar surface area (TPSA) is 60.0 Å².